The smallest absolute Gasteiger partial charge is 0.255 e. The highest BCUT2D eigenvalue weighted by molar-refractivity contribution is 5.97. The number of aromatic hydroxyl groups is 1. The van der Waals surface area contributed by atoms with Crippen LogP contribution in [0.2, 0.25) is 0 Å². The quantitative estimate of drug-likeness (QED) is 0.844. The summed E-state index contributed by atoms with van der Waals surface area (Å²) in [7, 11) is 0. The first-order chi connectivity index (χ1) is 8.49. The highest BCUT2D eigenvalue weighted by Crippen LogP contribution is 2.31. The largest absolute Gasteiger partial charge is 0.507 e. The molecule has 0 bridgehead atoms. The van der Waals surface area contributed by atoms with Gasteiger partial charge in [0.15, 0.2) is 0 Å². The average Bonchev–Trinajstić information content (AvgIpc) is 2.64. The number of carbonyl (C=O) groups is 1. The van der Waals surface area contributed by atoms with E-state index in [9.17, 15) is 9.90 Å². The van der Waals surface area contributed by atoms with Crippen LogP contribution in [0.15, 0.2) is 18.2 Å². The van der Waals surface area contributed by atoms with E-state index in [4.69, 9.17) is 0 Å². The third-order valence-corrected chi connectivity index (χ3v) is 4.18. The van der Waals surface area contributed by atoms with Crippen molar-refractivity contribution in [2.75, 3.05) is 0 Å². The molecule has 2 rings (SSSR count). The van der Waals surface area contributed by atoms with Crippen molar-refractivity contribution in [1.29, 1.82) is 0 Å². The lowest BCUT2D eigenvalue weighted by molar-refractivity contribution is 0.0924. The van der Waals surface area contributed by atoms with E-state index in [0.717, 1.165) is 18.4 Å². The monoisotopic (exact) mass is 247 g/mol. The van der Waals surface area contributed by atoms with Gasteiger partial charge >= 0.3 is 0 Å². The van der Waals surface area contributed by atoms with Crippen molar-refractivity contribution < 1.29 is 9.90 Å². The molecule has 0 aliphatic heterocycles. The fraction of sp³-hybridized carbons (Fsp3) is 0.533. The number of amides is 1. The zero-order valence-corrected chi connectivity index (χ0v) is 11.2. The highest BCUT2D eigenvalue weighted by atomic mass is 16.3. The fourth-order valence-electron chi connectivity index (χ4n) is 2.65. The zero-order valence-electron chi connectivity index (χ0n) is 11.2. The summed E-state index contributed by atoms with van der Waals surface area (Å²) < 4.78 is 0. The van der Waals surface area contributed by atoms with Crippen LogP contribution >= 0.6 is 0 Å². The molecule has 3 atom stereocenters. The summed E-state index contributed by atoms with van der Waals surface area (Å²) in [5.41, 5.74) is 1.35. The van der Waals surface area contributed by atoms with Gasteiger partial charge in [0, 0.05) is 6.04 Å². The van der Waals surface area contributed by atoms with Crippen molar-refractivity contribution in [2.45, 2.75) is 39.7 Å². The number of nitrogens with one attached hydrogen (secondary N) is 1. The van der Waals surface area contributed by atoms with Crippen molar-refractivity contribution in [3.63, 3.8) is 0 Å². The standard InChI is InChI=1S/C15H21NO2/c1-9-4-7-14(17)12(8-9)15(18)16-13-6-5-10(2)11(13)3/h4,7-8,10-11,13,17H,5-6H2,1-3H3,(H,16,18). The number of aryl methyl sites for hydroxylation is 1. The number of carbonyl (C=O) groups excluding carboxylic acids is 1. The second-order valence-corrected chi connectivity index (χ2v) is 5.51. The van der Waals surface area contributed by atoms with Crippen LogP contribution in [0.3, 0.4) is 0 Å². The topological polar surface area (TPSA) is 49.3 Å². The van der Waals surface area contributed by atoms with E-state index in [-0.39, 0.29) is 17.7 Å². The van der Waals surface area contributed by atoms with Gasteiger partial charge in [0.05, 0.1) is 5.56 Å². The minimum absolute atomic E-state index is 0.0526. The van der Waals surface area contributed by atoms with Crippen LogP contribution in [0.1, 0.15) is 42.6 Å². The van der Waals surface area contributed by atoms with Crippen LogP contribution in [0.4, 0.5) is 0 Å². The van der Waals surface area contributed by atoms with E-state index in [2.05, 4.69) is 19.2 Å². The van der Waals surface area contributed by atoms with Gasteiger partial charge in [-0.2, -0.15) is 0 Å². The van der Waals surface area contributed by atoms with E-state index in [0.29, 0.717) is 17.4 Å². The van der Waals surface area contributed by atoms with E-state index < -0.39 is 0 Å². The molecule has 1 aliphatic rings. The molecule has 1 aliphatic carbocycles. The van der Waals surface area contributed by atoms with E-state index in [1.807, 2.05) is 6.92 Å². The molecule has 1 amide bonds. The zero-order chi connectivity index (χ0) is 13.3. The van der Waals surface area contributed by atoms with Crippen LogP contribution in [0.25, 0.3) is 0 Å². The lowest BCUT2D eigenvalue weighted by Gasteiger charge is -2.20. The Morgan fingerprint density at radius 3 is 2.67 bits per heavy atom. The summed E-state index contributed by atoms with van der Waals surface area (Å²) in [5.74, 6) is 1.04. The Balaban J connectivity index is 2.10. The minimum atomic E-state index is -0.165. The van der Waals surface area contributed by atoms with E-state index in [1.165, 1.54) is 0 Å². The van der Waals surface area contributed by atoms with Crippen LogP contribution in [-0.4, -0.2) is 17.1 Å². The maximum absolute atomic E-state index is 12.2. The summed E-state index contributed by atoms with van der Waals surface area (Å²) in [6.45, 7) is 6.32. The lowest BCUT2D eigenvalue weighted by atomic mass is 9.97. The molecule has 3 heteroatoms. The predicted molar refractivity (Wildman–Crippen MR) is 71.7 cm³/mol. The Morgan fingerprint density at radius 2 is 2.06 bits per heavy atom. The van der Waals surface area contributed by atoms with Gasteiger partial charge in [-0.15, -0.1) is 0 Å². The summed E-state index contributed by atoms with van der Waals surface area (Å²) in [6, 6.07) is 5.33. The number of hydrogen-bond acceptors (Lipinski definition) is 2. The molecule has 1 aromatic rings. The third-order valence-electron chi connectivity index (χ3n) is 4.18. The molecule has 0 spiro atoms. The van der Waals surface area contributed by atoms with E-state index >= 15 is 0 Å². The molecule has 1 saturated carbocycles. The molecule has 0 saturated heterocycles. The molecule has 98 valence electrons. The van der Waals surface area contributed by atoms with Gasteiger partial charge in [0.2, 0.25) is 0 Å². The maximum Gasteiger partial charge on any atom is 0.255 e. The van der Waals surface area contributed by atoms with Crippen LogP contribution in [-0.2, 0) is 0 Å². The van der Waals surface area contributed by atoms with Gasteiger partial charge in [-0.25, -0.2) is 0 Å². The Bertz CT molecular complexity index is 456. The maximum atomic E-state index is 12.2. The average molecular weight is 247 g/mol. The van der Waals surface area contributed by atoms with Gasteiger partial charge in [-0.3, -0.25) is 4.79 Å². The second kappa shape index (κ2) is 5.01. The Morgan fingerprint density at radius 1 is 1.33 bits per heavy atom. The molecule has 2 N–H and O–H groups in total. The first-order valence-electron chi connectivity index (χ1n) is 6.59. The fourth-order valence-corrected chi connectivity index (χ4v) is 2.65. The first-order valence-corrected chi connectivity index (χ1v) is 6.59. The summed E-state index contributed by atoms with van der Waals surface area (Å²) in [4.78, 5) is 12.2. The van der Waals surface area contributed by atoms with Gasteiger partial charge < -0.3 is 10.4 Å². The summed E-state index contributed by atoms with van der Waals surface area (Å²) in [5, 5.41) is 12.8. The van der Waals surface area contributed by atoms with Crippen LogP contribution in [0.5, 0.6) is 5.75 Å². The molecule has 0 heterocycles. The molecule has 3 nitrogen and oxygen atoms in total. The molecular formula is C15H21NO2. The number of phenolic OH excluding ortho intramolecular Hbond substituents is 1. The SMILES string of the molecule is Cc1ccc(O)c(C(=O)NC2CCC(C)C2C)c1. The predicted octanol–water partition coefficient (Wildman–Crippen LogP) is 2.87. The van der Waals surface area contributed by atoms with Crippen molar-refractivity contribution in [3.05, 3.63) is 29.3 Å². The molecule has 1 fully saturated rings. The molecule has 0 radical (unpaired) electrons. The normalized spacial score (nSPS) is 27.2. The molecule has 3 unspecified atom stereocenters. The van der Waals surface area contributed by atoms with E-state index in [1.54, 1.807) is 18.2 Å². The molecular weight excluding hydrogens is 226 g/mol. The molecule has 18 heavy (non-hydrogen) atoms. The van der Waals surface area contributed by atoms with Crippen molar-refractivity contribution >= 4 is 5.91 Å². The highest BCUT2D eigenvalue weighted by Gasteiger charge is 2.31. The number of benzene rings is 1. The van der Waals surface area contributed by atoms with Crippen molar-refractivity contribution in [1.82, 2.24) is 5.32 Å². The molecule has 1 aromatic carbocycles. The third kappa shape index (κ3) is 2.50. The van der Waals surface area contributed by atoms with Gasteiger partial charge in [0.1, 0.15) is 5.75 Å². The lowest BCUT2D eigenvalue weighted by Crippen LogP contribution is -2.37. The Kier molecular flexibility index (Phi) is 3.60. The van der Waals surface area contributed by atoms with Gasteiger partial charge in [-0.05, 0) is 43.7 Å². The second-order valence-electron chi connectivity index (χ2n) is 5.51. The minimum Gasteiger partial charge on any atom is -0.507 e. The van der Waals surface area contributed by atoms with Crippen LogP contribution < -0.4 is 5.32 Å². The van der Waals surface area contributed by atoms with Gasteiger partial charge in [0.25, 0.3) is 5.91 Å². The number of hydrogen-bond donors (Lipinski definition) is 2. The summed E-state index contributed by atoms with van der Waals surface area (Å²) >= 11 is 0. The van der Waals surface area contributed by atoms with Crippen molar-refractivity contribution in [2.24, 2.45) is 11.8 Å². The van der Waals surface area contributed by atoms with Gasteiger partial charge in [-0.1, -0.05) is 25.5 Å². The summed E-state index contributed by atoms with van der Waals surface area (Å²) in [6.07, 6.45) is 2.19. The molecule has 0 aromatic heterocycles. The number of phenols is 1. The number of rotatable bonds is 2. The van der Waals surface area contributed by atoms with Crippen molar-refractivity contribution in [3.8, 4) is 5.75 Å². The Labute approximate surface area is 108 Å². The first kappa shape index (κ1) is 12.9. The Hall–Kier alpha value is -1.51. The van der Waals surface area contributed by atoms with Crippen LogP contribution in [0, 0.1) is 18.8 Å².